The van der Waals surface area contributed by atoms with Gasteiger partial charge < -0.3 is 0 Å². The van der Waals surface area contributed by atoms with Crippen LogP contribution in [0.4, 0.5) is 0 Å². The third-order valence-electron chi connectivity index (χ3n) is 6.44. The average Bonchev–Trinajstić information content (AvgIpc) is 2.71. The van der Waals surface area contributed by atoms with Crippen LogP contribution in [0.5, 0.6) is 0 Å². The van der Waals surface area contributed by atoms with E-state index in [2.05, 4.69) is 59.5 Å². The Kier molecular flexibility index (Phi) is 4.03. The monoisotopic (exact) mass is 344 g/mol. The maximum absolute atomic E-state index is 8.59. The standard InChI is InChI=1S/C24H24O2/c25-26-14-13-16-7-9-17(10-8-16)22-15-20-5-1-3-18-11-12-19-4-2-6-21(22)24(19)23(18)20/h1-6,11-12,15-17,25H,7-10,13-14H2. The van der Waals surface area contributed by atoms with Gasteiger partial charge in [0.25, 0.3) is 0 Å². The highest BCUT2D eigenvalue weighted by molar-refractivity contribution is 6.23. The number of benzene rings is 4. The predicted octanol–water partition coefficient (Wildman–Crippen LogP) is 6.74. The molecule has 4 aromatic carbocycles. The Balaban J connectivity index is 1.60. The molecule has 0 atom stereocenters. The van der Waals surface area contributed by atoms with Crippen molar-refractivity contribution in [3.05, 3.63) is 60.2 Å². The molecule has 1 fully saturated rings. The van der Waals surface area contributed by atoms with Crippen molar-refractivity contribution in [2.75, 3.05) is 6.61 Å². The van der Waals surface area contributed by atoms with Crippen molar-refractivity contribution in [3.8, 4) is 0 Å². The molecule has 0 heterocycles. The molecule has 5 rings (SSSR count). The lowest BCUT2D eigenvalue weighted by molar-refractivity contribution is -0.244. The van der Waals surface area contributed by atoms with Crippen LogP contribution in [0.15, 0.2) is 54.6 Å². The van der Waals surface area contributed by atoms with E-state index in [0.29, 0.717) is 18.4 Å². The van der Waals surface area contributed by atoms with E-state index in [0.717, 1.165) is 6.42 Å². The second-order valence-corrected chi connectivity index (χ2v) is 7.85. The smallest absolute Gasteiger partial charge is 0.0822 e. The summed E-state index contributed by atoms with van der Waals surface area (Å²) in [6, 6.07) is 20.4. The van der Waals surface area contributed by atoms with E-state index >= 15 is 0 Å². The van der Waals surface area contributed by atoms with Crippen molar-refractivity contribution in [2.24, 2.45) is 5.92 Å². The highest BCUT2D eigenvalue weighted by Gasteiger charge is 2.24. The Hall–Kier alpha value is -2.16. The average molecular weight is 344 g/mol. The van der Waals surface area contributed by atoms with Gasteiger partial charge in [0.2, 0.25) is 0 Å². The molecular formula is C24H24O2. The van der Waals surface area contributed by atoms with Gasteiger partial charge in [0.05, 0.1) is 6.61 Å². The van der Waals surface area contributed by atoms with E-state index in [4.69, 9.17) is 5.26 Å². The fourth-order valence-corrected chi connectivity index (χ4v) is 5.11. The summed E-state index contributed by atoms with van der Waals surface area (Å²) in [7, 11) is 0. The summed E-state index contributed by atoms with van der Waals surface area (Å²) in [5.74, 6) is 1.32. The lowest BCUT2D eigenvalue weighted by atomic mass is 9.75. The van der Waals surface area contributed by atoms with Gasteiger partial charge in [-0.05, 0) is 81.8 Å². The maximum Gasteiger partial charge on any atom is 0.0822 e. The zero-order valence-corrected chi connectivity index (χ0v) is 14.9. The molecule has 1 aliphatic rings. The Bertz CT molecular complexity index is 1040. The molecule has 26 heavy (non-hydrogen) atoms. The van der Waals surface area contributed by atoms with Crippen LogP contribution in [0.1, 0.15) is 43.6 Å². The molecule has 0 radical (unpaired) electrons. The molecule has 0 spiro atoms. The minimum absolute atomic E-state index is 0.465. The van der Waals surface area contributed by atoms with Crippen LogP contribution < -0.4 is 0 Å². The Morgan fingerprint density at radius 2 is 1.50 bits per heavy atom. The van der Waals surface area contributed by atoms with Gasteiger partial charge >= 0.3 is 0 Å². The first-order valence-electron chi connectivity index (χ1n) is 9.78. The molecule has 0 unspecified atom stereocenters. The van der Waals surface area contributed by atoms with E-state index < -0.39 is 0 Å². The van der Waals surface area contributed by atoms with E-state index in [1.54, 1.807) is 0 Å². The molecule has 132 valence electrons. The number of rotatable bonds is 4. The summed E-state index contributed by atoms with van der Waals surface area (Å²) >= 11 is 0. The lowest BCUT2D eigenvalue weighted by Gasteiger charge is -2.30. The highest BCUT2D eigenvalue weighted by Crippen LogP contribution is 2.43. The van der Waals surface area contributed by atoms with Crippen molar-refractivity contribution >= 4 is 32.3 Å². The minimum atomic E-state index is 0.465. The van der Waals surface area contributed by atoms with Gasteiger partial charge in [-0.15, -0.1) is 0 Å². The van der Waals surface area contributed by atoms with E-state index in [-0.39, 0.29) is 0 Å². The Morgan fingerprint density at radius 3 is 2.27 bits per heavy atom. The van der Waals surface area contributed by atoms with Gasteiger partial charge in [-0.3, -0.25) is 5.26 Å². The fraction of sp³-hybridized carbons (Fsp3) is 0.333. The molecule has 4 aromatic rings. The van der Waals surface area contributed by atoms with Crippen LogP contribution in [0.2, 0.25) is 0 Å². The third-order valence-corrected chi connectivity index (χ3v) is 6.44. The van der Waals surface area contributed by atoms with E-state index in [1.807, 2.05) is 0 Å². The van der Waals surface area contributed by atoms with Gasteiger partial charge in [0.1, 0.15) is 0 Å². The van der Waals surface area contributed by atoms with Gasteiger partial charge in [0.15, 0.2) is 0 Å². The van der Waals surface area contributed by atoms with Crippen molar-refractivity contribution in [1.82, 2.24) is 0 Å². The van der Waals surface area contributed by atoms with Gasteiger partial charge in [0, 0.05) is 0 Å². The highest BCUT2D eigenvalue weighted by atomic mass is 17.1. The van der Waals surface area contributed by atoms with Crippen LogP contribution in [0.25, 0.3) is 32.3 Å². The van der Waals surface area contributed by atoms with Crippen LogP contribution >= 0.6 is 0 Å². The second-order valence-electron chi connectivity index (χ2n) is 7.85. The Morgan fingerprint density at radius 1 is 0.808 bits per heavy atom. The van der Waals surface area contributed by atoms with Gasteiger partial charge in [-0.25, -0.2) is 4.89 Å². The van der Waals surface area contributed by atoms with Crippen LogP contribution in [0, 0.1) is 5.92 Å². The third kappa shape index (κ3) is 2.56. The number of hydrogen-bond donors (Lipinski definition) is 1. The molecular weight excluding hydrogens is 320 g/mol. The molecule has 0 aliphatic heterocycles. The summed E-state index contributed by atoms with van der Waals surface area (Å²) in [4.78, 5) is 4.29. The molecule has 0 bridgehead atoms. The van der Waals surface area contributed by atoms with Crippen molar-refractivity contribution in [2.45, 2.75) is 38.0 Å². The normalized spacial score (nSPS) is 21.1. The molecule has 2 nitrogen and oxygen atoms in total. The molecule has 0 aromatic heterocycles. The summed E-state index contributed by atoms with van der Waals surface area (Å²) in [6.45, 7) is 0.465. The van der Waals surface area contributed by atoms with Crippen molar-refractivity contribution in [1.29, 1.82) is 0 Å². The largest absolute Gasteiger partial charge is 0.252 e. The molecule has 1 aliphatic carbocycles. The zero-order chi connectivity index (χ0) is 17.5. The quantitative estimate of drug-likeness (QED) is 0.252. The van der Waals surface area contributed by atoms with Crippen molar-refractivity contribution in [3.63, 3.8) is 0 Å². The second kappa shape index (κ2) is 6.53. The predicted molar refractivity (Wildman–Crippen MR) is 108 cm³/mol. The van der Waals surface area contributed by atoms with E-state index in [9.17, 15) is 0 Å². The lowest BCUT2D eigenvalue weighted by Crippen LogP contribution is -2.15. The zero-order valence-electron chi connectivity index (χ0n) is 14.9. The topological polar surface area (TPSA) is 29.5 Å². The van der Waals surface area contributed by atoms with E-state index in [1.165, 1.54) is 63.6 Å². The first-order valence-corrected chi connectivity index (χ1v) is 9.78. The molecule has 1 saturated carbocycles. The summed E-state index contributed by atoms with van der Waals surface area (Å²) in [5, 5.41) is 16.9. The van der Waals surface area contributed by atoms with Gasteiger partial charge in [-0.2, -0.15) is 0 Å². The SMILES string of the molecule is OOCCC1CCC(c2cc3cccc4ccc5cccc2c5c43)CC1. The Labute approximate surface area is 153 Å². The molecule has 2 heteroatoms. The summed E-state index contributed by atoms with van der Waals surface area (Å²) < 4.78 is 0. The fourth-order valence-electron chi connectivity index (χ4n) is 5.11. The first kappa shape index (κ1) is 16.0. The summed E-state index contributed by atoms with van der Waals surface area (Å²) in [6.07, 6.45) is 5.90. The van der Waals surface area contributed by atoms with Gasteiger partial charge in [-0.1, -0.05) is 54.6 Å². The molecule has 0 saturated heterocycles. The number of hydrogen-bond acceptors (Lipinski definition) is 2. The molecule has 1 N–H and O–H groups in total. The first-order chi connectivity index (χ1) is 12.8. The van der Waals surface area contributed by atoms with Crippen LogP contribution in [-0.4, -0.2) is 11.9 Å². The van der Waals surface area contributed by atoms with Crippen molar-refractivity contribution < 1.29 is 10.1 Å². The van der Waals surface area contributed by atoms with Crippen LogP contribution in [0.3, 0.4) is 0 Å². The molecule has 0 amide bonds. The maximum atomic E-state index is 8.59. The minimum Gasteiger partial charge on any atom is -0.252 e. The van der Waals surface area contributed by atoms with Crippen LogP contribution in [-0.2, 0) is 4.89 Å². The summed E-state index contributed by atoms with van der Waals surface area (Å²) in [5.41, 5.74) is 1.53.